The maximum Gasteiger partial charge on any atom is 0.230 e. The summed E-state index contributed by atoms with van der Waals surface area (Å²) in [5.41, 5.74) is 1.71. The molecule has 7 nitrogen and oxygen atoms in total. The maximum atomic E-state index is 13.6. The van der Waals surface area contributed by atoms with Crippen LogP contribution in [-0.2, 0) is 9.59 Å². The fourth-order valence-corrected chi connectivity index (χ4v) is 6.85. The number of nitrogens with one attached hydrogen (secondary N) is 1. The summed E-state index contributed by atoms with van der Waals surface area (Å²) in [6.45, 7) is 10.1. The summed E-state index contributed by atoms with van der Waals surface area (Å²) >= 11 is 0. The zero-order valence-corrected chi connectivity index (χ0v) is 20.7. The number of carbonyl (C=O) groups excluding carboxylic acids is 2. The number of likely N-dealkylation sites (tertiary alicyclic amines) is 1. The molecule has 1 aromatic carbocycles. The number of hydrogen-bond acceptors (Lipinski definition) is 4. The number of aliphatic hydroxyl groups excluding tert-OH is 1. The van der Waals surface area contributed by atoms with Gasteiger partial charge in [-0.05, 0) is 76.0 Å². The average molecular weight is 479 g/mol. The number of anilines is 2. The molecule has 0 bridgehead atoms. The maximum absolute atomic E-state index is 13.6. The molecule has 0 radical (unpaired) electrons. The van der Waals surface area contributed by atoms with E-state index >= 15 is 0 Å². The van der Waals surface area contributed by atoms with Crippen molar-refractivity contribution in [1.29, 1.82) is 0 Å². The fourth-order valence-electron chi connectivity index (χ4n) is 6.85. The summed E-state index contributed by atoms with van der Waals surface area (Å²) in [4.78, 5) is 34.4. The van der Waals surface area contributed by atoms with E-state index in [4.69, 9.17) is 6.57 Å². The number of benzene rings is 1. The number of nitrogens with zero attached hydrogens (tertiary/aromatic N) is 3. The Morgan fingerprint density at radius 3 is 2.54 bits per heavy atom. The van der Waals surface area contributed by atoms with Gasteiger partial charge in [0, 0.05) is 43.0 Å². The first-order valence-electron chi connectivity index (χ1n) is 13.6. The molecular formula is C28H38N4O3. The Hall–Kier alpha value is -2.59. The Kier molecular flexibility index (Phi) is 7.02. The number of hydrogen-bond donors (Lipinski definition) is 2. The van der Waals surface area contributed by atoms with Crippen LogP contribution in [0.4, 0.5) is 17.1 Å². The molecule has 4 aliphatic rings. The highest BCUT2D eigenvalue weighted by atomic mass is 16.3. The van der Waals surface area contributed by atoms with Gasteiger partial charge < -0.3 is 20.2 Å². The van der Waals surface area contributed by atoms with Crippen LogP contribution in [0, 0.1) is 17.9 Å². The van der Waals surface area contributed by atoms with Gasteiger partial charge in [0.15, 0.2) is 0 Å². The fraction of sp³-hybridized carbons (Fsp3) is 0.679. The lowest BCUT2D eigenvalue weighted by Crippen LogP contribution is -2.50. The summed E-state index contributed by atoms with van der Waals surface area (Å²) in [7, 11) is 0. The van der Waals surface area contributed by atoms with Gasteiger partial charge in [-0.2, -0.15) is 0 Å². The van der Waals surface area contributed by atoms with Crippen LogP contribution in [0.3, 0.4) is 0 Å². The van der Waals surface area contributed by atoms with E-state index in [9.17, 15) is 14.7 Å². The Morgan fingerprint density at radius 2 is 1.80 bits per heavy atom. The van der Waals surface area contributed by atoms with Crippen molar-refractivity contribution in [3.63, 3.8) is 0 Å². The molecule has 1 spiro atoms. The highest BCUT2D eigenvalue weighted by Crippen LogP contribution is 2.45. The van der Waals surface area contributed by atoms with E-state index < -0.39 is 0 Å². The van der Waals surface area contributed by atoms with Crippen molar-refractivity contribution in [2.75, 3.05) is 29.9 Å². The van der Waals surface area contributed by atoms with Gasteiger partial charge in [-0.3, -0.25) is 9.59 Å². The predicted octanol–water partition coefficient (Wildman–Crippen LogP) is 4.88. The minimum Gasteiger partial charge on any atom is -0.393 e. The molecule has 4 fully saturated rings. The molecule has 2 aliphatic heterocycles. The third-order valence-corrected chi connectivity index (χ3v) is 8.91. The zero-order chi connectivity index (χ0) is 24.4. The van der Waals surface area contributed by atoms with Gasteiger partial charge in [0.2, 0.25) is 17.5 Å². The molecule has 1 aromatic rings. The largest absolute Gasteiger partial charge is 0.393 e. The minimum absolute atomic E-state index is 0.0668. The summed E-state index contributed by atoms with van der Waals surface area (Å²) in [6, 6.07) is 5.90. The van der Waals surface area contributed by atoms with Crippen LogP contribution in [0.2, 0.25) is 0 Å². The predicted molar refractivity (Wildman–Crippen MR) is 136 cm³/mol. The summed E-state index contributed by atoms with van der Waals surface area (Å²) < 4.78 is 0. The van der Waals surface area contributed by atoms with Crippen LogP contribution in [0.15, 0.2) is 18.2 Å². The number of piperidine rings is 1. The SMILES string of the molecule is [C-]#[N+]c1cc(NC(=O)C2CCCCC2)ccc1N1CCC[C@@]2(CCN(C3CCC(O)CC3)C2=O)C1. The third-order valence-electron chi connectivity index (χ3n) is 8.91. The van der Waals surface area contributed by atoms with Gasteiger partial charge in [0.05, 0.1) is 18.1 Å². The summed E-state index contributed by atoms with van der Waals surface area (Å²) in [5, 5.41) is 12.9. The van der Waals surface area contributed by atoms with Crippen molar-refractivity contribution < 1.29 is 14.7 Å². The van der Waals surface area contributed by atoms with Crippen LogP contribution < -0.4 is 10.2 Å². The molecule has 2 saturated carbocycles. The van der Waals surface area contributed by atoms with E-state index in [0.29, 0.717) is 17.9 Å². The van der Waals surface area contributed by atoms with E-state index in [0.717, 1.165) is 89.4 Å². The lowest BCUT2D eigenvalue weighted by Gasteiger charge is -2.42. The van der Waals surface area contributed by atoms with Gasteiger partial charge >= 0.3 is 0 Å². The van der Waals surface area contributed by atoms with Crippen molar-refractivity contribution in [2.24, 2.45) is 11.3 Å². The molecule has 0 aromatic heterocycles. The van der Waals surface area contributed by atoms with Crippen LogP contribution in [-0.4, -0.2) is 53.6 Å². The molecule has 0 unspecified atom stereocenters. The molecule has 5 rings (SSSR count). The van der Waals surface area contributed by atoms with Crippen molar-refractivity contribution in [2.45, 2.75) is 89.2 Å². The Labute approximate surface area is 208 Å². The zero-order valence-electron chi connectivity index (χ0n) is 20.7. The highest BCUT2D eigenvalue weighted by Gasteiger charge is 2.50. The van der Waals surface area contributed by atoms with E-state index in [1.165, 1.54) is 6.42 Å². The second-order valence-electron chi connectivity index (χ2n) is 11.2. The quantitative estimate of drug-likeness (QED) is 0.605. The molecule has 7 heteroatoms. The van der Waals surface area contributed by atoms with Crippen LogP contribution in [0.1, 0.15) is 77.0 Å². The first-order valence-corrected chi connectivity index (χ1v) is 13.6. The van der Waals surface area contributed by atoms with Gasteiger partial charge in [-0.25, -0.2) is 4.85 Å². The second-order valence-corrected chi connectivity index (χ2v) is 11.2. The molecular weight excluding hydrogens is 440 g/mol. The molecule has 35 heavy (non-hydrogen) atoms. The lowest BCUT2D eigenvalue weighted by molar-refractivity contribution is -0.139. The molecule has 188 valence electrons. The lowest BCUT2D eigenvalue weighted by atomic mass is 9.78. The van der Waals surface area contributed by atoms with Gasteiger partial charge in [0.25, 0.3) is 0 Å². The van der Waals surface area contributed by atoms with Crippen LogP contribution >= 0.6 is 0 Å². The highest BCUT2D eigenvalue weighted by molar-refractivity contribution is 5.94. The van der Waals surface area contributed by atoms with Gasteiger partial charge in [-0.15, -0.1) is 0 Å². The molecule has 2 saturated heterocycles. The van der Waals surface area contributed by atoms with Gasteiger partial charge in [-0.1, -0.05) is 19.3 Å². The second kappa shape index (κ2) is 10.2. The van der Waals surface area contributed by atoms with Crippen LogP contribution in [0.25, 0.3) is 4.85 Å². The minimum atomic E-state index is -0.374. The molecule has 1 atom stereocenters. The first-order chi connectivity index (χ1) is 17.0. The summed E-state index contributed by atoms with van der Waals surface area (Å²) in [5.74, 6) is 0.409. The van der Waals surface area contributed by atoms with Crippen molar-refractivity contribution in [1.82, 2.24) is 4.90 Å². The molecule has 2 aliphatic carbocycles. The van der Waals surface area contributed by atoms with Crippen molar-refractivity contribution in [3.8, 4) is 0 Å². The first kappa shape index (κ1) is 24.1. The average Bonchev–Trinajstić information content (AvgIpc) is 3.19. The van der Waals surface area contributed by atoms with E-state index in [2.05, 4.69) is 20.0 Å². The number of aliphatic hydroxyl groups is 1. The normalized spacial score (nSPS) is 29.9. The van der Waals surface area contributed by atoms with Crippen LogP contribution in [0.5, 0.6) is 0 Å². The van der Waals surface area contributed by atoms with Crippen molar-refractivity contribution >= 4 is 28.9 Å². The molecule has 2 heterocycles. The molecule has 2 N–H and O–H groups in total. The standard InChI is InChI=1S/C28H38N4O3/c1-29-24-18-21(30-26(34)20-6-3-2-4-7-20)8-13-25(24)31-16-5-14-28(19-31)15-17-32(27(28)35)22-9-11-23(33)12-10-22/h8,13,18,20,22-23,33H,2-7,9-12,14-17,19H2,(H,30,34)/t22?,23?,28-/m1/s1. The third kappa shape index (κ3) is 4.91. The van der Waals surface area contributed by atoms with E-state index in [-0.39, 0.29) is 35.3 Å². The van der Waals surface area contributed by atoms with E-state index in [1.54, 1.807) is 6.07 Å². The smallest absolute Gasteiger partial charge is 0.230 e. The topological polar surface area (TPSA) is 77.2 Å². The Balaban J connectivity index is 1.28. The Morgan fingerprint density at radius 1 is 1.03 bits per heavy atom. The molecule has 2 amide bonds. The Bertz CT molecular complexity index is 990. The summed E-state index contributed by atoms with van der Waals surface area (Å²) in [6.07, 6.45) is 11.2. The monoisotopic (exact) mass is 478 g/mol. The number of amides is 2. The van der Waals surface area contributed by atoms with Crippen molar-refractivity contribution in [3.05, 3.63) is 29.6 Å². The number of rotatable bonds is 4. The van der Waals surface area contributed by atoms with E-state index in [1.807, 2.05) is 12.1 Å². The van der Waals surface area contributed by atoms with Gasteiger partial charge in [0.1, 0.15) is 0 Å². The number of carbonyl (C=O) groups is 2.